The van der Waals surface area contributed by atoms with Crippen LogP contribution < -0.4 is 10.2 Å². The number of H-pyrrole nitrogens is 1. The lowest BCUT2D eigenvalue weighted by Crippen LogP contribution is -1.96. The molecule has 5 rings (SSSR count). The van der Waals surface area contributed by atoms with Gasteiger partial charge in [0.05, 0.1) is 15.2 Å². The quantitative estimate of drug-likeness (QED) is 0.449. The predicted molar refractivity (Wildman–Crippen MR) is 115 cm³/mol. The third kappa shape index (κ3) is 3.39. The Balaban J connectivity index is 1.42. The van der Waals surface area contributed by atoms with Gasteiger partial charge < -0.3 is 10.3 Å². The van der Waals surface area contributed by atoms with Crippen molar-refractivity contribution in [3.63, 3.8) is 0 Å². The van der Waals surface area contributed by atoms with E-state index in [0.717, 1.165) is 44.1 Å². The number of hydrogen-bond acceptors (Lipinski definition) is 7. The summed E-state index contributed by atoms with van der Waals surface area (Å²) in [6.45, 7) is 0. The molecule has 0 fully saturated rings. The smallest absolute Gasteiger partial charge is 0.305 e. The second kappa shape index (κ2) is 7.14. The van der Waals surface area contributed by atoms with E-state index in [1.165, 1.54) is 16.9 Å². The summed E-state index contributed by atoms with van der Waals surface area (Å²) in [4.78, 5) is 28.7. The van der Waals surface area contributed by atoms with Crippen LogP contribution in [0.3, 0.4) is 0 Å². The highest BCUT2D eigenvalue weighted by Crippen LogP contribution is 2.28. The Morgan fingerprint density at radius 3 is 2.79 bits per heavy atom. The van der Waals surface area contributed by atoms with Crippen LogP contribution in [0.2, 0.25) is 0 Å². The summed E-state index contributed by atoms with van der Waals surface area (Å²) in [5.74, 6) is 0.675. The molecule has 0 aliphatic rings. The van der Waals surface area contributed by atoms with Gasteiger partial charge in [0, 0.05) is 12.1 Å². The van der Waals surface area contributed by atoms with E-state index in [4.69, 9.17) is 4.98 Å². The summed E-state index contributed by atoms with van der Waals surface area (Å²) >= 11 is 2.79. The predicted octanol–water partition coefficient (Wildman–Crippen LogP) is 4.52. The second-order valence-corrected chi connectivity index (χ2v) is 8.40. The molecular formula is C20H15N5OS2. The SMILES string of the molecule is O=c1[nH]c2ccc(Nc3ncnc4sc(CCc5ccccc5)nc34)cc2s1. The average molecular weight is 406 g/mol. The van der Waals surface area contributed by atoms with E-state index in [-0.39, 0.29) is 4.87 Å². The Kier molecular flexibility index (Phi) is 4.34. The highest BCUT2D eigenvalue weighted by Gasteiger charge is 2.12. The molecule has 0 saturated heterocycles. The standard InChI is InChI=1S/C20H15N5OS2/c26-20-24-14-8-7-13(10-15(14)27-20)23-18-17-19(22-11-21-18)28-16(25-17)9-6-12-4-2-1-3-5-12/h1-5,7-8,10-11H,6,9H2,(H,24,26)(H,21,22,23). The van der Waals surface area contributed by atoms with E-state index >= 15 is 0 Å². The van der Waals surface area contributed by atoms with Gasteiger partial charge in [-0.15, -0.1) is 0 Å². The van der Waals surface area contributed by atoms with Gasteiger partial charge in [-0.3, -0.25) is 4.79 Å². The van der Waals surface area contributed by atoms with Gasteiger partial charge in [0.15, 0.2) is 5.82 Å². The number of thiazole rings is 2. The van der Waals surface area contributed by atoms with Crippen LogP contribution in [0.1, 0.15) is 10.6 Å². The number of hydrogen-bond donors (Lipinski definition) is 2. The van der Waals surface area contributed by atoms with Crippen molar-refractivity contribution in [1.82, 2.24) is 19.9 Å². The zero-order chi connectivity index (χ0) is 18.9. The number of aromatic amines is 1. The first kappa shape index (κ1) is 17.0. The third-order valence-electron chi connectivity index (χ3n) is 4.39. The van der Waals surface area contributed by atoms with Crippen LogP contribution in [0.4, 0.5) is 11.5 Å². The van der Waals surface area contributed by atoms with E-state index in [2.05, 4.69) is 44.5 Å². The molecule has 2 N–H and O–H groups in total. The van der Waals surface area contributed by atoms with Gasteiger partial charge in [-0.05, 0) is 30.2 Å². The number of rotatable bonds is 5. The van der Waals surface area contributed by atoms with Gasteiger partial charge in [-0.1, -0.05) is 53.0 Å². The maximum Gasteiger partial charge on any atom is 0.305 e. The van der Waals surface area contributed by atoms with Crippen LogP contribution in [-0.2, 0) is 12.8 Å². The minimum atomic E-state index is -0.0564. The largest absolute Gasteiger partial charge is 0.338 e. The first-order chi connectivity index (χ1) is 13.7. The molecule has 138 valence electrons. The van der Waals surface area contributed by atoms with Crippen molar-refractivity contribution in [2.24, 2.45) is 0 Å². The topological polar surface area (TPSA) is 83.6 Å². The number of fused-ring (bicyclic) bond motifs is 2. The summed E-state index contributed by atoms with van der Waals surface area (Å²) in [5.41, 5.74) is 3.77. The zero-order valence-electron chi connectivity index (χ0n) is 14.7. The molecule has 6 nitrogen and oxygen atoms in total. The number of anilines is 2. The Morgan fingerprint density at radius 2 is 1.89 bits per heavy atom. The first-order valence-corrected chi connectivity index (χ1v) is 10.4. The molecular weight excluding hydrogens is 390 g/mol. The Bertz CT molecular complexity index is 1320. The van der Waals surface area contributed by atoms with Gasteiger partial charge in [-0.2, -0.15) is 0 Å². The molecule has 3 heterocycles. The lowest BCUT2D eigenvalue weighted by atomic mass is 10.1. The van der Waals surface area contributed by atoms with E-state index in [9.17, 15) is 4.79 Å². The molecule has 0 radical (unpaired) electrons. The maximum atomic E-state index is 11.5. The molecule has 0 spiro atoms. The third-order valence-corrected chi connectivity index (χ3v) is 6.26. The molecule has 28 heavy (non-hydrogen) atoms. The molecule has 0 saturated carbocycles. The van der Waals surface area contributed by atoms with E-state index in [1.807, 2.05) is 24.3 Å². The Morgan fingerprint density at radius 1 is 1.00 bits per heavy atom. The van der Waals surface area contributed by atoms with Gasteiger partial charge in [0.1, 0.15) is 16.7 Å². The minimum absolute atomic E-state index is 0.0564. The van der Waals surface area contributed by atoms with Gasteiger partial charge in [-0.25, -0.2) is 15.0 Å². The molecule has 0 bridgehead atoms. The van der Waals surface area contributed by atoms with Crippen molar-refractivity contribution < 1.29 is 0 Å². The monoisotopic (exact) mass is 405 g/mol. The van der Waals surface area contributed by atoms with Crippen molar-refractivity contribution in [2.75, 3.05) is 5.32 Å². The molecule has 0 amide bonds. The number of benzene rings is 2. The summed E-state index contributed by atoms with van der Waals surface area (Å²) in [6, 6.07) is 16.1. The van der Waals surface area contributed by atoms with Crippen LogP contribution in [0, 0.1) is 0 Å². The van der Waals surface area contributed by atoms with Crippen molar-refractivity contribution in [3.05, 3.63) is 75.1 Å². The Hall–Kier alpha value is -3.10. The van der Waals surface area contributed by atoms with Crippen molar-refractivity contribution in [3.8, 4) is 0 Å². The molecule has 0 aliphatic heterocycles. The fraction of sp³-hybridized carbons (Fsp3) is 0.100. The van der Waals surface area contributed by atoms with E-state index in [0.29, 0.717) is 5.82 Å². The van der Waals surface area contributed by atoms with Crippen LogP contribution in [0.5, 0.6) is 0 Å². The van der Waals surface area contributed by atoms with Crippen LogP contribution in [0.25, 0.3) is 20.6 Å². The maximum absolute atomic E-state index is 11.5. The lowest BCUT2D eigenvalue weighted by Gasteiger charge is -2.05. The summed E-state index contributed by atoms with van der Waals surface area (Å²) in [6.07, 6.45) is 3.37. The number of nitrogens with zero attached hydrogens (tertiary/aromatic N) is 3. The fourth-order valence-electron chi connectivity index (χ4n) is 3.05. The average Bonchev–Trinajstić information content (AvgIpc) is 3.29. The summed E-state index contributed by atoms with van der Waals surface area (Å²) in [5, 5.41) is 4.36. The van der Waals surface area contributed by atoms with Crippen molar-refractivity contribution in [2.45, 2.75) is 12.8 Å². The van der Waals surface area contributed by atoms with Gasteiger partial charge >= 0.3 is 4.87 Å². The molecule has 8 heteroatoms. The highest BCUT2D eigenvalue weighted by molar-refractivity contribution is 7.18. The molecule has 0 aliphatic carbocycles. The lowest BCUT2D eigenvalue weighted by molar-refractivity contribution is 0.949. The molecule has 0 unspecified atom stereocenters. The first-order valence-electron chi connectivity index (χ1n) is 8.79. The van der Waals surface area contributed by atoms with Gasteiger partial charge in [0.2, 0.25) is 0 Å². The minimum Gasteiger partial charge on any atom is -0.338 e. The van der Waals surface area contributed by atoms with E-state index in [1.54, 1.807) is 17.7 Å². The second-order valence-electron chi connectivity index (χ2n) is 6.32. The number of aryl methyl sites for hydroxylation is 2. The zero-order valence-corrected chi connectivity index (χ0v) is 16.3. The van der Waals surface area contributed by atoms with E-state index < -0.39 is 0 Å². The van der Waals surface area contributed by atoms with Gasteiger partial charge in [0.25, 0.3) is 0 Å². The summed E-state index contributed by atoms with van der Waals surface area (Å²) in [7, 11) is 0. The highest BCUT2D eigenvalue weighted by atomic mass is 32.1. The van der Waals surface area contributed by atoms with Crippen molar-refractivity contribution >= 4 is 54.7 Å². The summed E-state index contributed by atoms with van der Waals surface area (Å²) < 4.78 is 0.905. The number of aromatic nitrogens is 4. The molecule has 0 atom stereocenters. The fourth-order valence-corrected chi connectivity index (χ4v) is 4.73. The molecule has 2 aromatic carbocycles. The Labute approximate surface area is 168 Å². The van der Waals surface area contributed by atoms with Crippen LogP contribution in [0.15, 0.2) is 59.7 Å². The normalized spacial score (nSPS) is 11.3. The van der Waals surface area contributed by atoms with Crippen LogP contribution >= 0.6 is 22.7 Å². The molecule has 3 aromatic heterocycles. The molecule has 5 aromatic rings. The van der Waals surface area contributed by atoms with Crippen molar-refractivity contribution in [1.29, 1.82) is 0 Å². The van der Waals surface area contributed by atoms with Crippen LogP contribution in [-0.4, -0.2) is 19.9 Å². The number of nitrogens with one attached hydrogen (secondary N) is 2.